The number of carbonyl (C=O) groups excluding carboxylic acids is 3. The zero-order valence-electron chi connectivity index (χ0n) is 15.8. The average Bonchev–Trinajstić information content (AvgIpc) is 3.00. The van der Waals surface area contributed by atoms with Gasteiger partial charge in [-0.05, 0) is 18.6 Å². The van der Waals surface area contributed by atoms with Gasteiger partial charge in [-0.25, -0.2) is 4.79 Å². The number of methoxy groups -OCH3 is 1. The van der Waals surface area contributed by atoms with Crippen molar-refractivity contribution in [2.24, 2.45) is 5.73 Å². The Morgan fingerprint density at radius 1 is 1.10 bits per heavy atom. The number of nitrogens with one attached hydrogen (secondary N) is 1. The molecule has 162 valence electrons. The highest BCUT2D eigenvalue weighted by molar-refractivity contribution is 7.18. The number of ether oxygens (including phenoxy) is 3. The fraction of sp³-hybridized carbons (Fsp3) is 0.278. The number of hydrogen-bond acceptors (Lipinski definition) is 7. The number of rotatable bonds is 9. The molecule has 0 aliphatic carbocycles. The van der Waals surface area contributed by atoms with Crippen molar-refractivity contribution in [3.05, 3.63) is 43.2 Å². The van der Waals surface area contributed by atoms with Crippen LogP contribution < -0.4 is 15.8 Å². The summed E-state index contributed by atoms with van der Waals surface area (Å²) in [6, 6.07) is 2.76. The second kappa shape index (κ2) is 10.8. The van der Waals surface area contributed by atoms with Gasteiger partial charge in [0, 0.05) is 13.2 Å². The van der Waals surface area contributed by atoms with Gasteiger partial charge in [-0.15, -0.1) is 11.3 Å². The molecule has 8 nitrogen and oxygen atoms in total. The Balaban J connectivity index is 2.17. The van der Waals surface area contributed by atoms with Crippen molar-refractivity contribution in [2.75, 3.05) is 32.2 Å². The Morgan fingerprint density at radius 3 is 2.40 bits per heavy atom. The molecule has 12 heteroatoms. The number of thiophene rings is 1. The smallest absolute Gasteiger partial charge is 0.341 e. The van der Waals surface area contributed by atoms with Crippen LogP contribution in [0.5, 0.6) is 5.75 Å². The van der Waals surface area contributed by atoms with E-state index in [0.29, 0.717) is 5.56 Å². The normalized spacial score (nSPS) is 10.6. The molecule has 0 atom stereocenters. The first-order valence-electron chi connectivity index (χ1n) is 8.32. The van der Waals surface area contributed by atoms with E-state index in [0.717, 1.165) is 11.3 Å². The van der Waals surface area contributed by atoms with Gasteiger partial charge in [0.05, 0.1) is 32.1 Å². The van der Waals surface area contributed by atoms with Crippen molar-refractivity contribution in [2.45, 2.75) is 6.92 Å². The Hall–Kier alpha value is -2.04. The number of halogens is 3. The summed E-state index contributed by atoms with van der Waals surface area (Å²) in [7, 11) is 1.46. The van der Waals surface area contributed by atoms with Gasteiger partial charge < -0.3 is 25.3 Å². The minimum Gasteiger partial charge on any atom is -0.482 e. The first-order valence-corrected chi connectivity index (χ1v) is 10.3. The topological polar surface area (TPSA) is 117 Å². The van der Waals surface area contributed by atoms with Crippen LogP contribution in [0.15, 0.2) is 12.1 Å². The molecule has 2 aromatic rings. The molecule has 1 aromatic carbocycles. The quantitative estimate of drug-likeness (QED) is 0.309. The van der Waals surface area contributed by atoms with Gasteiger partial charge in [0.2, 0.25) is 0 Å². The summed E-state index contributed by atoms with van der Waals surface area (Å²) in [5.41, 5.74) is 5.69. The molecule has 0 saturated carbocycles. The minimum absolute atomic E-state index is 0.00282. The second-order valence-corrected chi connectivity index (χ2v) is 8.03. The summed E-state index contributed by atoms with van der Waals surface area (Å²) >= 11 is 18.6. The van der Waals surface area contributed by atoms with Crippen molar-refractivity contribution < 1.29 is 28.6 Å². The number of hydrogen-bond donors (Lipinski definition) is 2. The van der Waals surface area contributed by atoms with Crippen LogP contribution in [0.1, 0.15) is 25.6 Å². The van der Waals surface area contributed by atoms with Crippen molar-refractivity contribution in [1.82, 2.24) is 0 Å². The highest BCUT2D eigenvalue weighted by Gasteiger charge is 2.26. The van der Waals surface area contributed by atoms with E-state index in [9.17, 15) is 14.4 Å². The van der Waals surface area contributed by atoms with E-state index in [2.05, 4.69) is 5.32 Å². The summed E-state index contributed by atoms with van der Waals surface area (Å²) in [5.74, 6) is -1.92. The van der Waals surface area contributed by atoms with Crippen LogP contribution in [-0.2, 0) is 14.3 Å². The van der Waals surface area contributed by atoms with Gasteiger partial charge >= 0.3 is 5.97 Å². The Bertz CT molecular complexity index is 979. The molecule has 0 unspecified atom stereocenters. The highest BCUT2D eigenvalue weighted by atomic mass is 35.5. The van der Waals surface area contributed by atoms with Crippen molar-refractivity contribution in [1.29, 1.82) is 0 Å². The molecule has 3 N–H and O–H groups in total. The molecule has 0 fully saturated rings. The lowest BCUT2D eigenvalue weighted by molar-refractivity contribution is -0.118. The van der Waals surface area contributed by atoms with Gasteiger partial charge in [0.15, 0.2) is 6.61 Å². The molecular weight excluding hydrogens is 479 g/mol. The maximum absolute atomic E-state index is 12.4. The summed E-state index contributed by atoms with van der Waals surface area (Å²) in [4.78, 5) is 36.5. The van der Waals surface area contributed by atoms with Gasteiger partial charge in [0.25, 0.3) is 11.8 Å². The summed E-state index contributed by atoms with van der Waals surface area (Å²) < 4.78 is 15.3. The van der Waals surface area contributed by atoms with E-state index in [1.807, 2.05) is 0 Å². The van der Waals surface area contributed by atoms with E-state index in [-0.39, 0.29) is 49.5 Å². The maximum atomic E-state index is 12.4. The molecule has 0 aliphatic heterocycles. The average molecular weight is 496 g/mol. The first-order chi connectivity index (χ1) is 14.1. The fourth-order valence-corrected chi connectivity index (χ4v) is 3.95. The van der Waals surface area contributed by atoms with Gasteiger partial charge in [0.1, 0.15) is 17.4 Å². The zero-order valence-corrected chi connectivity index (χ0v) is 18.9. The molecule has 2 rings (SSSR count). The second-order valence-electron chi connectivity index (χ2n) is 5.79. The van der Waals surface area contributed by atoms with Gasteiger partial charge in [-0.1, -0.05) is 34.8 Å². The number of carbonyl (C=O) groups is 3. The Labute approximate surface area is 191 Å². The monoisotopic (exact) mass is 494 g/mol. The molecule has 30 heavy (non-hydrogen) atoms. The van der Waals surface area contributed by atoms with Crippen LogP contribution >= 0.6 is 46.1 Å². The molecule has 0 aliphatic rings. The van der Waals surface area contributed by atoms with Gasteiger partial charge in [-0.2, -0.15) is 0 Å². The lowest BCUT2D eigenvalue weighted by atomic mass is 10.1. The number of amides is 2. The SMILES string of the molecule is COCCOC(=O)c1c(NC(=O)COc2cc(Cl)c(Cl)cc2Cl)sc(C(N)=O)c1C. The molecule has 0 radical (unpaired) electrons. The Kier molecular flexibility index (Phi) is 8.75. The molecule has 0 saturated heterocycles. The molecule has 0 spiro atoms. The Morgan fingerprint density at radius 2 is 1.77 bits per heavy atom. The number of nitrogens with two attached hydrogens (primary N) is 1. The number of benzene rings is 1. The third-order valence-electron chi connectivity index (χ3n) is 3.68. The zero-order chi connectivity index (χ0) is 22.4. The van der Waals surface area contributed by atoms with Gasteiger partial charge in [-0.3, -0.25) is 9.59 Å². The lowest BCUT2D eigenvalue weighted by Gasteiger charge is -2.10. The summed E-state index contributed by atoms with van der Waals surface area (Å²) in [6.45, 7) is 1.28. The number of primary amides is 1. The molecule has 1 heterocycles. The van der Waals surface area contributed by atoms with Crippen molar-refractivity contribution >= 4 is 68.9 Å². The van der Waals surface area contributed by atoms with E-state index >= 15 is 0 Å². The standard InChI is InChI=1S/C18H17Cl3N2O6S/c1-8-14(18(26)28-4-3-27-2)17(30-15(8)16(22)25)23-13(24)7-29-12-6-10(20)9(19)5-11(12)21/h5-6H,3-4,7H2,1-2H3,(H2,22,25)(H,23,24). The van der Waals surface area contributed by atoms with E-state index in [1.54, 1.807) is 0 Å². The molecule has 0 bridgehead atoms. The third kappa shape index (κ3) is 5.99. The van der Waals surface area contributed by atoms with Crippen molar-refractivity contribution in [3.63, 3.8) is 0 Å². The largest absolute Gasteiger partial charge is 0.482 e. The number of esters is 1. The lowest BCUT2D eigenvalue weighted by Crippen LogP contribution is -2.21. The molecular formula is C18H17Cl3N2O6S. The fourth-order valence-electron chi connectivity index (χ4n) is 2.29. The summed E-state index contributed by atoms with van der Waals surface area (Å²) in [5, 5.41) is 3.25. The predicted molar refractivity (Wildman–Crippen MR) is 115 cm³/mol. The van der Waals surface area contributed by atoms with Crippen LogP contribution in [-0.4, -0.2) is 44.7 Å². The van der Waals surface area contributed by atoms with E-state index < -0.39 is 24.4 Å². The van der Waals surface area contributed by atoms with Crippen LogP contribution in [0.4, 0.5) is 5.00 Å². The van der Waals surface area contributed by atoms with E-state index in [4.69, 9.17) is 54.7 Å². The van der Waals surface area contributed by atoms with Crippen LogP contribution in [0, 0.1) is 6.92 Å². The molecule has 2 amide bonds. The minimum atomic E-state index is -0.734. The van der Waals surface area contributed by atoms with Crippen LogP contribution in [0.25, 0.3) is 0 Å². The predicted octanol–water partition coefficient (Wildman–Crippen LogP) is 3.94. The maximum Gasteiger partial charge on any atom is 0.341 e. The number of anilines is 1. The molecule has 1 aromatic heterocycles. The first kappa shape index (κ1) is 24.2. The summed E-state index contributed by atoms with van der Waals surface area (Å²) in [6.07, 6.45) is 0. The van der Waals surface area contributed by atoms with E-state index in [1.165, 1.54) is 26.2 Å². The van der Waals surface area contributed by atoms with Crippen LogP contribution in [0.3, 0.4) is 0 Å². The third-order valence-corrected chi connectivity index (χ3v) is 5.92. The van der Waals surface area contributed by atoms with Crippen molar-refractivity contribution in [3.8, 4) is 5.75 Å². The highest BCUT2D eigenvalue weighted by Crippen LogP contribution is 2.35. The van der Waals surface area contributed by atoms with Crippen LogP contribution in [0.2, 0.25) is 15.1 Å².